The number of unbranched alkanes of at least 4 members (excludes halogenated alkanes) is 1. The second kappa shape index (κ2) is 11.3. The summed E-state index contributed by atoms with van der Waals surface area (Å²) in [6.07, 6.45) is 7.78. The molecule has 198 valence electrons. The molecule has 34 heavy (non-hydrogen) atoms. The smallest absolute Gasteiger partial charge is 0.309 e. The third-order valence-corrected chi connectivity index (χ3v) is 7.04. The van der Waals surface area contributed by atoms with Gasteiger partial charge in [0.05, 0.1) is 5.92 Å². The number of rotatable bonds is 10. The monoisotopic (exact) mass is 480 g/mol. The van der Waals surface area contributed by atoms with Gasteiger partial charge in [0, 0.05) is 54.3 Å². The summed E-state index contributed by atoms with van der Waals surface area (Å²) in [4.78, 5) is 25.5. The van der Waals surface area contributed by atoms with Gasteiger partial charge in [0.15, 0.2) is 0 Å². The Morgan fingerprint density at radius 1 is 0.735 bits per heavy atom. The largest absolute Gasteiger partial charge is 0.462 e. The number of hydrogen-bond donors (Lipinski definition) is 2. The zero-order chi connectivity index (χ0) is 25.8. The van der Waals surface area contributed by atoms with Crippen LogP contribution in [-0.4, -0.2) is 46.3 Å². The summed E-state index contributed by atoms with van der Waals surface area (Å²) >= 11 is 0. The summed E-state index contributed by atoms with van der Waals surface area (Å²) in [5, 5.41) is 7.26. The summed E-state index contributed by atoms with van der Waals surface area (Å²) in [6.45, 7) is 19.4. The van der Waals surface area contributed by atoms with Crippen molar-refractivity contribution in [3.05, 3.63) is 0 Å². The van der Waals surface area contributed by atoms with Crippen LogP contribution in [0.25, 0.3) is 0 Å². The second-order valence-corrected chi connectivity index (χ2v) is 13.5. The number of esters is 2. The molecule has 0 aliphatic carbocycles. The lowest BCUT2D eigenvalue weighted by Crippen LogP contribution is -2.59. The van der Waals surface area contributed by atoms with E-state index in [4.69, 9.17) is 9.47 Å². The van der Waals surface area contributed by atoms with E-state index in [0.717, 1.165) is 57.8 Å². The van der Waals surface area contributed by atoms with Crippen LogP contribution in [0.3, 0.4) is 0 Å². The summed E-state index contributed by atoms with van der Waals surface area (Å²) in [7, 11) is 0. The lowest BCUT2D eigenvalue weighted by Gasteiger charge is -2.46. The average molecular weight is 481 g/mol. The van der Waals surface area contributed by atoms with Crippen LogP contribution >= 0.6 is 0 Å². The zero-order valence-electron chi connectivity index (χ0n) is 23.4. The van der Waals surface area contributed by atoms with Gasteiger partial charge in [-0.3, -0.25) is 9.59 Å². The Morgan fingerprint density at radius 2 is 1.18 bits per heavy atom. The van der Waals surface area contributed by atoms with Gasteiger partial charge in [-0.25, -0.2) is 0 Å². The molecule has 0 radical (unpaired) electrons. The lowest BCUT2D eigenvalue weighted by atomic mass is 9.81. The fraction of sp³-hybridized carbons (Fsp3) is 0.929. The highest BCUT2D eigenvalue weighted by Crippen LogP contribution is 2.32. The maximum atomic E-state index is 13.0. The second-order valence-electron chi connectivity index (χ2n) is 13.5. The first-order valence-electron chi connectivity index (χ1n) is 13.5. The third kappa shape index (κ3) is 9.85. The predicted octanol–water partition coefficient (Wildman–Crippen LogP) is 5.67. The molecule has 2 aliphatic rings. The Balaban J connectivity index is 1.78. The molecular formula is C28H52N2O4. The van der Waals surface area contributed by atoms with Gasteiger partial charge in [0.2, 0.25) is 0 Å². The van der Waals surface area contributed by atoms with Crippen LogP contribution in [0.1, 0.15) is 127 Å². The summed E-state index contributed by atoms with van der Waals surface area (Å²) in [5.74, 6) is -0.275. The van der Waals surface area contributed by atoms with Gasteiger partial charge in [-0.2, -0.15) is 0 Å². The van der Waals surface area contributed by atoms with Crippen molar-refractivity contribution in [3.8, 4) is 0 Å². The Bertz CT molecular complexity index is 667. The molecule has 2 fully saturated rings. The van der Waals surface area contributed by atoms with Gasteiger partial charge >= 0.3 is 11.9 Å². The Morgan fingerprint density at radius 3 is 1.62 bits per heavy atom. The van der Waals surface area contributed by atoms with E-state index < -0.39 is 0 Å². The van der Waals surface area contributed by atoms with E-state index in [0.29, 0.717) is 6.42 Å². The van der Waals surface area contributed by atoms with E-state index in [2.05, 4.69) is 72.9 Å². The standard InChI is InChI=1S/C28H52N2O4/c1-10-13-20(24(32)34-22-18-27(6,7)30-28(8,9)19-22)14-11-12-15-23(31)33-21-16-25(2,3)29-26(4,5)17-21/h20-22,29-30H,10-19H2,1-9H3. The molecule has 2 rings (SSSR count). The zero-order valence-corrected chi connectivity index (χ0v) is 23.4. The molecule has 0 aromatic rings. The van der Waals surface area contributed by atoms with Gasteiger partial charge in [0.1, 0.15) is 12.2 Å². The van der Waals surface area contributed by atoms with Crippen LogP contribution in [-0.2, 0) is 19.1 Å². The minimum Gasteiger partial charge on any atom is -0.462 e. The summed E-state index contributed by atoms with van der Waals surface area (Å²) < 4.78 is 11.8. The minimum absolute atomic E-state index is 0.0416. The molecule has 0 aromatic heterocycles. The highest BCUT2D eigenvalue weighted by Gasteiger charge is 2.40. The molecular weight excluding hydrogens is 428 g/mol. The van der Waals surface area contributed by atoms with Gasteiger partial charge < -0.3 is 20.1 Å². The topological polar surface area (TPSA) is 76.7 Å². The molecule has 0 saturated carbocycles. The quantitative estimate of drug-likeness (QED) is 0.310. The third-order valence-electron chi connectivity index (χ3n) is 7.04. The van der Waals surface area contributed by atoms with Crippen LogP contribution < -0.4 is 10.6 Å². The lowest BCUT2D eigenvalue weighted by molar-refractivity contribution is -0.158. The average Bonchev–Trinajstić information content (AvgIpc) is 2.58. The van der Waals surface area contributed by atoms with Gasteiger partial charge in [-0.15, -0.1) is 0 Å². The van der Waals surface area contributed by atoms with Crippen LogP contribution in [0.5, 0.6) is 0 Å². The molecule has 2 N–H and O–H groups in total. The van der Waals surface area contributed by atoms with Crippen LogP contribution in [0, 0.1) is 5.92 Å². The first kappa shape index (κ1) is 29.1. The highest BCUT2D eigenvalue weighted by molar-refractivity contribution is 5.72. The first-order valence-corrected chi connectivity index (χ1v) is 13.5. The predicted molar refractivity (Wildman–Crippen MR) is 138 cm³/mol. The minimum atomic E-state index is -0.118. The van der Waals surface area contributed by atoms with E-state index in [1.54, 1.807) is 0 Å². The molecule has 2 heterocycles. The fourth-order valence-corrected chi connectivity index (χ4v) is 6.52. The molecule has 1 unspecified atom stereocenters. The van der Waals surface area contributed by atoms with Crippen molar-refractivity contribution in [2.45, 2.75) is 161 Å². The molecule has 2 aliphatic heterocycles. The van der Waals surface area contributed by atoms with Crippen LogP contribution in [0.15, 0.2) is 0 Å². The summed E-state index contributed by atoms with van der Waals surface area (Å²) in [5.41, 5.74) is -0.184. The molecule has 6 heteroatoms. The maximum absolute atomic E-state index is 13.0. The number of carbonyl (C=O) groups is 2. The molecule has 6 nitrogen and oxygen atoms in total. The van der Waals surface area contributed by atoms with Gasteiger partial charge in [-0.1, -0.05) is 19.8 Å². The molecule has 0 spiro atoms. The van der Waals surface area contributed by atoms with E-state index in [1.165, 1.54) is 0 Å². The van der Waals surface area contributed by atoms with Crippen molar-refractivity contribution in [2.24, 2.45) is 5.92 Å². The molecule has 0 amide bonds. The molecule has 2 saturated heterocycles. The van der Waals surface area contributed by atoms with Crippen molar-refractivity contribution < 1.29 is 19.1 Å². The Hall–Kier alpha value is -1.14. The van der Waals surface area contributed by atoms with E-state index >= 15 is 0 Å². The maximum Gasteiger partial charge on any atom is 0.309 e. The number of ether oxygens (including phenoxy) is 2. The molecule has 0 bridgehead atoms. The van der Waals surface area contributed by atoms with E-state index in [-0.39, 0.29) is 52.2 Å². The number of carbonyl (C=O) groups excluding carboxylic acids is 2. The molecule has 0 aromatic carbocycles. The Kier molecular flexibility index (Phi) is 9.65. The van der Waals surface area contributed by atoms with Gasteiger partial charge in [-0.05, 0) is 74.7 Å². The number of piperidine rings is 2. The summed E-state index contributed by atoms with van der Waals surface area (Å²) in [6, 6.07) is 0. The van der Waals surface area contributed by atoms with Crippen molar-refractivity contribution in [2.75, 3.05) is 0 Å². The van der Waals surface area contributed by atoms with Gasteiger partial charge in [0.25, 0.3) is 0 Å². The van der Waals surface area contributed by atoms with E-state index in [9.17, 15) is 9.59 Å². The Labute approximate surface area is 208 Å². The normalized spacial score (nSPS) is 24.9. The van der Waals surface area contributed by atoms with E-state index in [1.807, 2.05) is 0 Å². The fourth-order valence-electron chi connectivity index (χ4n) is 6.52. The van der Waals surface area contributed by atoms with Crippen molar-refractivity contribution >= 4 is 11.9 Å². The number of hydrogen-bond acceptors (Lipinski definition) is 6. The van der Waals surface area contributed by atoms with Crippen LogP contribution in [0.2, 0.25) is 0 Å². The first-order chi connectivity index (χ1) is 15.5. The SMILES string of the molecule is CCCC(CCCCC(=O)OC1CC(C)(C)NC(C)(C)C1)C(=O)OC1CC(C)(C)NC(C)(C)C1. The van der Waals surface area contributed by atoms with Crippen molar-refractivity contribution in [1.82, 2.24) is 10.6 Å². The molecule has 1 atom stereocenters. The van der Waals surface area contributed by atoms with Crippen LogP contribution in [0.4, 0.5) is 0 Å². The highest BCUT2D eigenvalue weighted by atomic mass is 16.5. The van der Waals surface area contributed by atoms with Crippen molar-refractivity contribution in [1.29, 1.82) is 0 Å². The van der Waals surface area contributed by atoms with Crippen molar-refractivity contribution in [3.63, 3.8) is 0 Å². The number of nitrogens with one attached hydrogen (secondary N) is 2.